The number of alkyl halides is 2. The Hall–Kier alpha value is -0.750. The van der Waals surface area contributed by atoms with Gasteiger partial charge in [0.05, 0.1) is 26.1 Å². The Balaban J connectivity index is 1.59. The van der Waals surface area contributed by atoms with Gasteiger partial charge in [0.15, 0.2) is 0 Å². The monoisotopic (exact) mass is 249 g/mol. The van der Waals surface area contributed by atoms with E-state index in [0.29, 0.717) is 19.0 Å². The quantitative estimate of drug-likeness (QED) is 0.703. The molecule has 0 bridgehead atoms. The van der Waals surface area contributed by atoms with Crippen molar-refractivity contribution in [3.63, 3.8) is 0 Å². The minimum atomic E-state index is -2.49. The first-order valence-corrected chi connectivity index (χ1v) is 5.87. The summed E-state index contributed by atoms with van der Waals surface area (Å²) in [7, 11) is 0. The van der Waals surface area contributed by atoms with Gasteiger partial charge in [-0.2, -0.15) is 0 Å². The van der Waals surface area contributed by atoms with Crippen LogP contribution < -0.4 is 0 Å². The molecule has 0 atom stereocenters. The number of amides is 1. The first-order chi connectivity index (χ1) is 8.01. The number of rotatable bonds is 6. The molecule has 2 aliphatic rings. The lowest BCUT2D eigenvalue weighted by molar-refractivity contribution is -0.160. The first-order valence-electron chi connectivity index (χ1n) is 5.87. The van der Waals surface area contributed by atoms with Crippen LogP contribution in [-0.2, 0) is 9.53 Å². The number of carbonyl (C=O) groups excluding carboxylic acids is 1. The van der Waals surface area contributed by atoms with E-state index in [2.05, 4.69) is 4.74 Å². The molecule has 1 heterocycles. The lowest BCUT2D eigenvalue weighted by Crippen LogP contribution is -2.64. The van der Waals surface area contributed by atoms with Crippen LogP contribution in [0, 0.1) is 5.92 Å². The lowest BCUT2D eigenvalue weighted by Gasteiger charge is -2.47. The molecule has 1 saturated heterocycles. The van der Waals surface area contributed by atoms with E-state index in [4.69, 9.17) is 0 Å². The fraction of sp³-hybridized carbons (Fsp3) is 0.909. The molecular formula is C11H17F2NO3. The average molecular weight is 249 g/mol. The van der Waals surface area contributed by atoms with Crippen LogP contribution in [0.2, 0.25) is 0 Å². The van der Waals surface area contributed by atoms with Crippen LogP contribution in [0.5, 0.6) is 0 Å². The fourth-order valence-electron chi connectivity index (χ4n) is 2.16. The van der Waals surface area contributed by atoms with Crippen LogP contribution in [-0.4, -0.2) is 54.2 Å². The molecule has 0 aromatic rings. The van der Waals surface area contributed by atoms with Crippen molar-refractivity contribution in [1.82, 2.24) is 4.90 Å². The number of likely N-dealkylation sites (tertiary alicyclic amines) is 1. The maximum atomic E-state index is 11.7. The fourth-order valence-corrected chi connectivity index (χ4v) is 2.16. The average Bonchev–Trinajstić information content (AvgIpc) is 3.02. The van der Waals surface area contributed by atoms with Crippen molar-refractivity contribution >= 4 is 5.91 Å². The molecule has 0 spiro atoms. The molecule has 4 nitrogen and oxygen atoms in total. The zero-order valence-corrected chi connectivity index (χ0v) is 9.57. The van der Waals surface area contributed by atoms with Crippen LogP contribution >= 0.6 is 0 Å². The topological polar surface area (TPSA) is 49.8 Å². The Labute approximate surface area is 98.5 Å². The molecule has 0 aromatic heterocycles. The number of nitrogens with zero attached hydrogens (tertiary/aromatic N) is 1. The molecule has 1 N–H and O–H groups in total. The number of halogens is 2. The van der Waals surface area contributed by atoms with Crippen LogP contribution in [0.4, 0.5) is 8.78 Å². The number of aliphatic hydroxyl groups is 1. The summed E-state index contributed by atoms with van der Waals surface area (Å²) in [6.07, 6.45) is -0.312. The summed E-state index contributed by atoms with van der Waals surface area (Å²) in [4.78, 5) is 13.1. The molecule has 2 rings (SSSR count). The molecule has 1 saturated carbocycles. The van der Waals surface area contributed by atoms with E-state index in [1.807, 2.05) is 0 Å². The summed E-state index contributed by atoms with van der Waals surface area (Å²) >= 11 is 0. The maximum Gasteiger partial charge on any atom is 0.261 e. The van der Waals surface area contributed by atoms with Crippen LogP contribution in [0.1, 0.15) is 19.3 Å². The van der Waals surface area contributed by atoms with Crippen molar-refractivity contribution in [2.24, 2.45) is 5.92 Å². The summed E-state index contributed by atoms with van der Waals surface area (Å²) in [6.45, 7) is 0.150. The normalized spacial score (nSPS) is 22.7. The minimum absolute atomic E-state index is 0.0154. The minimum Gasteiger partial charge on any atom is -0.386 e. The second-order valence-corrected chi connectivity index (χ2v) is 4.84. The lowest BCUT2D eigenvalue weighted by atomic mass is 9.88. The van der Waals surface area contributed by atoms with E-state index in [9.17, 15) is 18.7 Å². The molecule has 0 aromatic carbocycles. The molecule has 1 aliphatic carbocycles. The summed E-state index contributed by atoms with van der Waals surface area (Å²) < 4.78 is 28.1. The third-order valence-electron chi connectivity index (χ3n) is 3.32. The van der Waals surface area contributed by atoms with Gasteiger partial charge in [-0.25, -0.2) is 8.78 Å². The van der Waals surface area contributed by atoms with Crippen molar-refractivity contribution in [2.45, 2.75) is 31.3 Å². The third-order valence-corrected chi connectivity index (χ3v) is 3.32. The number of carbonyl (C=O) groups is 1. The molecule has 6 heteroatoms. The molecular weight excluding hydrogens is 232 g/mol. The van der Waals surface area contributed by atoms with E-state index in [1.165, 1.54) is 0 Å². The first kappa shape index (κ1) is 12.7. The predicted octanol–water partition coefficient (Wildman–Crippen LogP) is 0.641. The largest absolute Gasteiger partial charge is 0.386 e. The number of β-amino-alcohol motifs (C(OH)–C–C–N with tert-alkyl or cyclic N) is 1. The summed E-state index contributed by atoms with van der Waals surface area (Å²) in [6, 6.07) is 0. The zero-order valence-electron chi connectivity index (χ0n) is 9.57. The highest BCUT2D eigenvalue weighted by Crippen LogP contribution is 2.44. The number of hydrogen-bond donors (Lipinski definition) is 1. The summed E-state index contributed by atoms with van der Waals surface area (Å²) in [5, 5.41) is 9.99. The highest BCUT2D eigenvalue weighted by Gasteiger charge is 2.52. The third kappa shape index (κ3) is 3.13. The van der Waals surface area contributed by atoms with Gasteiger partial charge in [-0.15, -0.1) is 0 Å². The van der Waals surface area contributed by atoms with E-state index in [1.54, 1.807) is 4.90 Å². The van der Waals surface area contributed by atoms with Crippen LogP contribution in [0.25, 0.3) is 0 Å². The van der Waals surface area contributed by atoms with Gasteiger partial charge in [0, 0.05) is 0 Å². The van der Waals surface area contributed by atoms with Gasteiger partial charge in [0.25, 0.3) is 6.43 Å². The maximum absolute atomic E-state index is 11.7. The second-order valence-electron chi connectivity index (χ2n) is 4.84. The highest BCUT2D eigenvalue weighted by atomic mass is 19.3. The van der Waals surface area contributed by atoms with Gasteiger partial charge in [-0.1, -0.05) is 0 Å². The van der Waals surface area contributed by atoms with Gasteiger partial charge in [0.2, 0.25) is 5.91 Å². The van der Waals surface area contributed by atoms with Crippen LogP contribution in [0.15, 0.2) is 0 Å². The smallest absolute Gasteiger partial charge is 0.261 e. The number of ether oxygens (including phenoxy) is 1. The SMILES string of the molecule is O=C(CCOCC(F)F)N1CC(O)(C2CC2)C1. The van der Waals surface area contributed by atoms with Gasteiger partial charge >= 0.3 is 0 Å². The molecule has 2 fully saturated rings. The molecule has 0 unspecified atom stereocenters. The molecule has 1 aliphatic heterocycles. The van der Waals surface area contributed by atoms with E-state index in [-0.39, 0.29) is 18.9 Å². The molecule has 17 heavy (non-hydrogen) atoms. The summed E-state index contributed by atoms with van der Waals surface area (Å²) in [5.74, 6) is 0.214. The predicted molar refractivity (Wildman–Crippen MR) is 55.7 cm³/mol. The van der Waals surface area contributed by atoms with Gasteiger partial charge in [0.1, 0.15) is 12.2 Å². The molecule has 0 radical (unpaired) electrons. The second kappa shape index (κ2) is 4.86. The number of hydrogen-bond acceptors (Lipinski definition) is 3. The van der Waals surface area contributed by atoms with Gasteiger partial charge < -0.3 is 14.7 Å². The van der Waals surface area contributed by atoms with Crippen molar-refractivity contribution in [2.75, 3.05) is 26.3 Å². The molecule has 1 amide bonds. The van der Waals surface area contributed by atoms with E-state index in [0.717, 1.165) is 12.8 Å². The Morgan fingerprint density at radius 2 is 2.12 bits per heavy atom. The molecule has 98 valence electrons. The Morgan fingerprint density at radius 3 is 2.65 bits per heavy atom. The van der Waals surface area contributed by atoms with Gasteiger partial charge in [-0.3, -0.25) is 4.79 Å². The zero-order chi connectivity index (χ0) is 12.5. The van der Waals surface area contributed by atoms with Gasteiger partial charge in [-0.05, 0) is 18.8 Å². The van der Waals surface area contributed by atoms with Crippen molar-refractivity contribution in [1.29, 1.82) is 0 Å². The Kier molecular flexibility index (Phi) is 3.63. The van der Waals surface area contributed by atoms with E-state index >= 15 is 0 Å². The van der Waals surface area contributed by atoms with Crippen LogP contribution in [0.3, 0.4) is 0 Å². The Bertz CT molecular complexity index is 288. The van der Waals surface area contributed by atoms with Crippen molar-refractivity contribution < 1.29 is 23.4 Å². The standard InChI is InChI=1S/C11H17F2NO3/c12-9(13)5-17-4-3-10(15)14-6-11(16,7-14)8-1-2-8/h8-9,16H,1-7H2. The van der Waals surface area contributed by atoms with Crippen molar-refractivity contribution in [3.8, 4) is 0 Å². The highest BCUT2D eigenvalue weighted by molar-refractivity contribution is 5.77. The Morgan fingerprint density at radius 1 is 1.47 bits per heavy atom. The summed E-state index contributed by atoms with van der Waals surface area (Å²) in [5.41, 5.74) is -0.681. The van der Waals surface area contributed by atoms with E-state index < -0.39 is 18.6 Å². The van der Waals surface area contributed by atoms with Crippen molar-refractivity contribution in [3.05, 3.63) is 0 Å².